The summed E-state index contributed by atoms with van der Waals surface area (Å²) in [5.41, 5.74) is 1.22. The standard InChI is InChI=1S/C15H27N5O.HI/c1-3-16-15(18-12-14-4-6-19(2)13-14)17-5-7-20-8-10-21-11-9-20;/h4,6,13H,3,5,7-12H2,1-2H3,(H2,16,17,18);1H. The van der Waals surface area contributed by atoms with Gasteiger partial charge in [-0.2, -0.15) is 0 Å². The van der Waals surface area contributed by atoms with Crippen molar-refractivity contribution in [1.82, 2.24) is 20.1 Å². The second kappa shape index (κ2) is 10.8. The van der Waals surface area contributed by atoms with Crippen molar-refractivity contribution in [2.75, 3.05) is 45.9 Å². The Morgan fingerprint density at radius 1 is 1.32 bits per heavy atom. The van der Waals surface area contributed by atoms with Gasteiger partial charge in [-0.05, 0) is 18.6 Å². The first-order chi connectivity index (χ1) is 10.3. The van der Waals surface area contributed by atoms with Gasteiger partial charge in [0.1, 0.15) is 0 Å². The van der Waals surface area contributed by atoms with E-state index >= 15 is 0 Å². The van der Waals surface area contributed by atoms with Crippen LogP contribution < -0.4 is 10.6 Å². The van der Waals surface area contributed by atoms with Crippen molar-refractivity contribution in [2.45, 2.75) is 13.5 Å². The molecule has 2 N–H and O–H groups in total. The van der Waals surface area contributed by atoms with E-state index in [4.69, 9.17) is 4.74 Å². The molecule has 0 radical (unpaired) electrons. The Kier molecular flexibility index (Phi) is 9.49. The maximum absolute atomic E-state index is 5.36. The molecule has 2 heterocycles. The molecule has 0 saturated carbocycles. The minimum absolute atomic E-state index is 0. The Bertz CT molecular complexity index is 443. The molecular formula is C15H28IN5O. The molecule has 1 aliphatic heterocycles. The lowest BCUT2D eigenvalue weighted by Gasteiger charge is -2.26. The average Bonchev–Trinajstić information content (AvgIpc) is 2.91. The molecule has 1 aromatic rings. The van der Waals surface area contributed by atoms with Crippen LogP contribution in [-0.4, -0.2) is 61.4 Å². The van der Waals surface area contributed by atoms with Gasteiger partial charge in [-0.1, -0.05) is 0 Å². The summed E-state index contributed by atoms with van der Waals surface area (Å²) in [6.45, 7) is 9.34. The van der Waals surface area contributed by atoms with Crippen LogP contribution >= 0.6 is 24.0 Å². The van der Waals surface area contributed by atoms with Crippen LogP contribution in [0.2, 0.25) is 0 Å². The number of nitrogens with one attached hydrogen (secondary N) is 2. The summed E-state index contributed by atoms with van der Waals surface area (Å²) in [5.74, 6) is 0.884. The lowest BCUT2D eigenvalue weighted by Crippen LogP contribution is -2.44. The first-order valence-corrected chi connectivity index (χ1v) is 7.71. The predicted molar refractivity (Wildman–Crippen MR) is 101 cm³/mol. The quantitative estimate of drug-likeness (QED) is 0.410. The van der Waals surface area contributed by atoms with Crippen LogP contribution in [0.25, 0.3) is 0 Å². The number of hydrogen-bond donors (Lipinski definition) is 2. The molecule has 126 valence electrons. The minimum Gasteiger partial charge on any atom is -0.379 e. The van der Waals surface area contributed by atoms with Crippen molar-refractivity contribution >= 4 is 29.9 Å². The van der Waals surface area contributed by atoms with Crippen LogP contribution in [-0.2, 0) is 18.3 Å². The van der Waals surface area contributed by atoms with E-state index in [0.717, 1.165) is 51.9 Å². The summed E-state index contributed by atoms with van der Waals surface area (Å²) >= 11 is 0. The molecule has 0 aliphatic carbocycles. The smallest absolute Gasteiger partial charge is 0.191 e. The number of aliphatic imine (C=N–C) groups is 1. The van der Waals surface area contributed by atoms with Gasteiger partial charge < -0.3 is 19.9 Å². The second-order valence-corrected chi connectivity index (χ2v) is 5.26. The lowest BCUT2D eigenvalue weighted by molar-refractivity contribution is 0.0389. The lowest BCUT2D eigenvalue weighted by atomic mass is 10.3. The van der Waals surface area contributed by atoms with Crippen LogP contribution in [0.3, 0.4) is 0 Å². The summed E-state index contributed by atoms with van der Waals surface area (Å²) in [7, 11) is 2.03. The number of rotatable bonds is 6. The Morgan fingerprint density at radius 2 is 2.09 bits per heavy atom. The average molecular weight is 421 g/mol. The maximum Gasteiger partial charge on any atom is 0.191 e. The fourth-order valence-electron chi connectivity index (χ4n) is 2.32. The van der Waals surface area contributed by atoms with Crippen molar-refractivity contribution in [2.24, 2.45) is 12.0 Å². The van der Waals surface area contributed by atoms with Gasteiger partial charge >= 0.3 is 0 Å². The van der Waals surface area contributed by atoms with Gasteiger partial charge in [0.2, 0.25) is 0 Å². The number of halogens is 1. The van der Waals surface area contributed by atoms with Crippen LogP contribution in [0.1, 0.15) is 12.5 Å². The summed E-state index contributed by atoms with van der Waals surface area (Å²) in [4.78, 5) is 7.03. The maximum atomic E-state index is 5.36. The molecule has 1 aliphatic rings. The van der Waals surface area contributed by atoms with E-state index < -0.39 is 0 Å². The van der Waals surface area contributed by atoms with E-state index in [2.05, 4.69) is 39.7 Å². The SMILES string of the molecule is CCNC(=NCc1ccn(C)c1)NCCN1CCOCC1.I. The normalized spacial score (nSPS) is 16.2. The molecule has 2 rings (SSSR count). The fraction of sp³-hybridized carbons (Fsp3) is 0.667. The van der Waals surface area contributed by atoms with E-state index in [1.54, 1.807) is 0 Å². The van der Waals surface area contributed by atoms with Gasteiger partial charge in [0.05, 0.1) is 19.8 Å². The Labute approximate surface area is 150 Å². The third kappa shape index (κ3) is 6.97. The highest BCUT2D eigenvalue weighted by molar-refractivity contribution is 14.0. The van der Waals surface area contributed by atoms with Crippen LogP contribution in [0.15, 0.2) is 23.5 Å². The monoisotopic (exact) mass is 421 g/mol. The molecular weight excluding hydrogens is 393 g/mol. The topological polar surface area (TPSA) is 53.8 Å². The molecule has 0 amide bonds. The molecule has 6 nitrogen and oxygen atoms in total. The molecule has 0 spiro atoms. The third-order valence-electron chi connectivity index (χ3n) is 3.48. The van der Waals surface area contributed by atoms with E-state index in [1.165, 1.54) is 5.56 Å². The van der Waals surface area contributed by atoms with Gasteiger partial charge in [-0.3, -0.25) is 4.90 Å². The summed E-state index contributed by atoms with van der Waals surface area (Å²) in [6.07, 6.45) is 4.14. The molecule has 0 aromatic carbocycles. The molecule has 1 saturated heterocycles. The predicted octanol–water partition coefficient (Wildman–Crippen LogP) is 1.03. The number of hydrogen-bond acceptors (Lipinski definition) is 3. The molecule has 1 fully saturated rings. The van der Waals surface area contributed by atoms with Gasteiger partial charge in [-0.15, -0.1) is 24.0 Å². The van der Waals surface area contributed by atoms with Crippen molar-refractivity contribution in [3.63, 3.8) is 0 Å². The number of guanidine groups is 1. The van der Waals surface area contributed by atoms with E-state index in [0.29, 0.717) is 6.54 Å². The number of aromatic nitrogens is 1. The first kappa shape index (κ1) is 19.2. The van der Waals surface area contributed by atoms with Gasteiger partial charge in [0, 0.05) is 52.2 Å². The largest absolute Gasteiger partial charge is 0.379 e. The number of ether oxygens (including phenoxy) is 1. The van der Waals surface area contributed by atoms with Crippen molar-refractivity contribution in [1.29, 1.82) is 0 Å². The fourth-order valence-corrected chi connectivity index (χ4v) is 2.32. The highest BCUT2D eigenvalue weighted by Gasteiger charge is 2.09. The van der Waals surface area contributed by atoms with Crippen molar-refractivity contribution in [3.05, 3.63) is 24.0 Å². The summed E-state index contributed by atoms with van der Waals surface area (Å²) in [6, 6.07) is 2.10. The highest BCUT2D eigenvalue weighted by Crippen LogP contribution is 2.01. The van der Waals surface area contributed by atoms with Gasteiger partial charge in [0.15, 0.2) is 5.96 Å². The summed E-state index contributed by atoms with van der Waals surface area (Å²) in [5, 5.41) is 6.68. The van der Waals surface area contributed by atoms with Crippen molar-refractivity contribution in [3.8, 4) is 0 Å². The van der Waals surface area contributed by atoms with Crippen molar-refractivity contribution < 1.29 is 4.74 Å². The zero-order valence-corrected chi connectivity index (χ0v) is 15.9. The number of aryl methyl sites for hydroxylation is 1. The molecule has 0 unspecified atom stereocenters. The summed E-state index contributed by atoms with van der Waals surface area (Å²) < 4.78 is 7.40. The van der Waals surface area contributed by atoms with E-state index in [1.807, 2.05) is 17.8 Å². The second-order valence-electron chi connectivity index (χ2n) is 5.26. The molecule has 0 bridgehead atoms. The van der Waals surface area contributed by atoms with Gasteiger partial charge in [-0.25, -0.2) is 4.99 Å². The van der Waals surface area contributed by atoms with E-state index in [-0.39, 0.29) is 24.0 Å². The molecule has 7 heteroatoms. The molecule has 0 atom stereocenters. The Balaban J connectivity index is 0.00000242. The zero-order chi connectivity index (χ0) is 14.9. The van der Waals surface area contributed by atoms with Crippen LogP contribution in [0, 0.1) is 0 Å². The number of morpholine rings is 1. The van der Waals surface area contributed by atoms with Crippen LogP contribution in [0.5, 0.6) is 0 Å². The molecule has 1 aromatic heterocycles. The van der Waals surface area contributed by atoms with E-state index in [9.17, 15) is 0 Å². The highest BCUT2D eigenvalue weighted by atomic mass is 127. The Morgan fingerprint density at radius 3 is 2.73 bits per heavy atom. The Hall–Kier alpha value is -0.800. The molecule has 22 heavy (non-hydrogen) atoms. The minimum atomic E-state index is 0. The zero-order valence-electron chi connectivity index (χ0n) is 13.5. The van der Waals surface area contributed by atoms with Gasteiger partial charge in [0.25, 0.3) is 0 Å². The third-order valence-corrected chi connectivity index (χ3v) is 3.48. The number of nitrogens with zero attached hydrogens (tertiary/aromatic N) is 3. The first-order valence-electron chi connectivity index (χ1n) is 7.71. The van der Waals surface area contributed by atoms with Crippen LogP contribution in [0.4, 0.5) is 0 Å².